The molecule has 40 heavy (non-hydrogen) atoms. The van der Waals surface area contributed by atoms with E-state index in [9.17, 15) is 19.5 Å². The fraction of sp³-hybridized carbons (Fsp3) is 0.233. The average Bonchev–Trinajstić information content (AvgIpc) is 3.30. The topological polar surface area (TPSA) is 123 Å². The zero-order valence-corrected chi connectivity index (χ0v) is 22.1. The van der Waals surface area contributed by atoms with E-state index in [2.05, 4.69) is 33.0 Å². The highest BCUT2D eigenvalue weighted by molar-refractivity contribution is 6.37. The number of rotatable bonds is 9. The van der Waals surface area contributed by atoms with Gasteiger partial charge in [-0.1, -0.05) is 36.4 Å². The van der Waals surface area contributed by atoms with Gasteiger partial charge in [-0.2, -0.15) is 0 Å². The largest absolute Gasteiger partial charge is 0.478 e. The Balaban J connectivity index is 1.29. The maximum atomic E-state index is 13.1. The SMILES string of the molecule is CN1CCN(CCONC(=O)c2ccc(NC(=C3C(=O)Nc4cc(C(=O)O)ccc43)c3ccccc3)cc2)CC1. The Morgan fingerprint density at radius 1 is 0.925 bits per heavy atom. The number of carboxylic acid groups (broad SMARTS) is 1. The van der Waals surface area contributed by atoms with E-state index < -0.39 is 5.97 Å². The van der Waals surface area contributed by atoms with Crippen LogP contribution in [0.4, 0.5) is 11.4 Å². The molecule has 4 N–H and O–H groups in total. The molecule has 0 bridgehead atoms. The van der Waals surface area contributed by atoms with Gasteiger partial charge >= 0.3 is 5.97 Å². The van der Waals surface area contributed by atoms with E-state index in [-0.39, 0.29) is 17.4 Å². The molecule has 0 aromatic heterocycles. The molecule has 0 aliphatic carbocycles. The first-order valence-electron chi connectivity index (χ1n) is 13.1. The molecule has 0 saturated carbocycles. The number of hydrogen-bond donors (Lipinski definition) is 4. The summed E-state index contributed by atoms with van der Waals surface area (Å²) in [5, 5.41) is 15.4. The quantitative estimate of drug-likeness (QED) is 0.185. The number of piperazine rings is 1. The normalized spacial score (nSPS) is 16.7. The molecule has 1 fully saturated rings. The first kappa shape index (κ1) is 27.1. The number of hydrogen-bond acceptors (Lipinski definition) is 7. The van der Waals surface area contributed by atoms with Gasteiger partial charge in [0.2, 0.25) is 0 Å². The summed E-state index contributed by atoms with van der Waals surface area (Å²) in [4.78, 5) is 47.1. The van der Waals surface area contributed by atoms with E-state index in [1.54, 1.807) is 30.3 Å². The van der Waals surface area contributed by atoms with Gasteiger partial charge in [-0.25, -0.2) is 10.3 Å². The Hall–Kier alpha value is -4.51. The maximum Gasteiger partial charge on any atom is 0.335 e. The molecule has 2 amide bonds. The van der Waals surface area contributed by atoms with Gasteiger partial charge in [-0.05, 0) is 49.0 Å². The number of carbonyl (C=O) groups is 3. The summed E-state index contributed by atoms with van der Waals surface area (Å²) in [6.45, 7) is 5.18. The minimum atomic E-state index is -1.07. The third kappa shape index (κ3) is 6.20. The van der Waals surface area contributed by atoms with Crippen LogP contribution in [0.5, 0.6) is 0 Å². The molecule has 0 spiro atoms. The van der Waals surface area contributed by atoms with Gasteiger partial charge < -0.3 is 20.6 Å². The van der Waals surface area contributed by atoms with Gasteiger partial charge in [0, 0.05) is 49.5 Å². The van der Waals surface area contributed by atoms with Crippen LogP contribution in [-0.4, -0.2) is 79.1 Å². The van der Waals surface area contributed by atoms with Crippen LogP contribution < -0.4 is 16.1 Å². The van der Waals surface area contributed by atoms with Crippen LogP contribution in [0.1, 0.15) is 31.8 Å². The maximum absolute atomic E-state index is 13.1. The molecule has 3 aromatic carbocycles. The summed E-state index contributed by atoms with van der Waals surface area (Å²) >= 11 is 0. The lowest BCUT2D eigenvalue weighted by molar-refractivity contribution is -0.110. The van der Waals surface area contributed by atoms with Crippen molar-refractivity contribution in [1.82, 2.24) is 15.3 Å². The molecule has 10 heteroatoms. The molecule has 2 heterocycles. The van der Waals surface area contributed by atoms with Crippen LogP contribution in [0.3, 0.4) is 0 Å². The van der Waals surface area contributed by atoms with Crippen LogP contribution in [0.2, 0.25) is 0 Å². The molecule has 0 radical (unpaired) electrons. The smallest absolute Gasteiger partial charge is 0.335 e. The molecule has 0 atom stereocenters. The number of nitrogens with zero attached hydrogens (tertiary/aromatic N) is 2. The first-order chi connectivity index (χ1) is 19.4. The Morgan fingerprint density at radius 2 is 1.62 bits per heavy atom. The Bertz CT molecular complexity index is 1430. The van der Waals surface area contributed by atoms with Crippen LogP contribution in [0.25, 0.3) is 11.3 Å². The van der Waals surface area contributed by atoms with E-state index in [1.807, 2.05) is 30.3 Å². The number of hydroxylamine groups is 1. The predicted octanol–water partition coefficient (Wildman–Crippen LogP) is 3.23. The highest BCUT2D eigenvalue weighted by Gasteiger charge is 2.29. The van der Waals surface area contributed by atoms with E-state index in [1.165, 1.54) is 12.1 Å². The molecule has 2 aliphatic heterocycles. The van der Waals surface area contributed by atoms with Crippen LogP contribution in [0, 0.1) is 0 Å². The van der Waals surface area contributed by atoms with E-state index >= 15 is 0 Å². The molecular formula is C30H31N5O5. The summed E-state index contributed by atoms with van der Waals surface area (Å²) in [5.41, 5.74) is 6.48. The Morgan fingerprint density at radius 3 is 2.33 bits per heavy atom. The summed E-state index contributed by atoms with van der Waals surface area (Å²) in [6, 6.07) is 20.8. The number of nitrogens with one attached hydrogen (secondary N) is 3. The van der Waals surface area contributed by atoms with Crippen molar-refractivity contribution < 1.29 is 24.3 Å². The van der Waals surface area contributed by atoms with Crippen LogP contribution in [0.15, 0.2) is 72.8 Å². The van der Waals surface area contributed by atoms with Crippen molar-refractivity contribution in [3.63, 3.8) is 0 Å². The Kier molecular flexibility index (Phi) is 8.20. The molecular weight excluding hydrogens is 510 g/mol. The van der Waals surface area contributed by atoms with Gasteiger partial charge in [0.15, 0.2) is 0 Å². The van der Waals surface area contributed by atoms with E-state index in [0.717, 1.165) is 38.3 Å². The number of benzene rings is 3. The van der Waals surface area contributed by atoms with Gasteiger partial charge in [-0.3, -0.25) is 19.3 Å². The second kappa shape index (κ2) is 12.1. The molecule has 5 rings (SSSR count). The molecule has 3 aromatic rings. The molecule has 0 unspecified atom stereocenters. The van der Waals surface area contributed by atoms with E-state index in [4.69, 9.17) is 4.84 Å². The number of aromatic carboxylic acids is 1. The molecule has 10 nitrogen and oxygen atoms in total. The van der Waals surface area contributed by atoms with Gasteiger partial charge in [0.25, 0.3) is 11.8 Å². The Labute approximate surface area is 232 Å². The second-order valence-electron chi connectivity index (χ2n) is 9.76. The summed E-state index contributed by atoms with van der Waals surface area (Å²) in [7, 11) is 2.11. The molecule has 2 aliphatic rings. The summed E-state index contributed by atoms with van der Waals surface area (Å²) in [5.74, 6) is -1.75. The average molecular weight is 542 g/mol. The van der Waals surface area contributed by atoms with Crippen molar-refractivity contribution in [2.75, 3.05) is 57.0 Å². The van der Waals surface area contributed by atoms with Crippen molar-refractivity contribution in [1.29, 1.82) is 0 Å². The lowest BCUT2D eigenvalue weighted by atomic mass is 9.99. The summed E-state index contributed by atoms with van der Waals surface area (Å²) < 4.78 is 0. The zero-order valence-electron chi connectivity index (χ0n) is 22.1. The number of amides is 2. The zero-order chi connectivity index (χ0) is 28.1. The summed E-state index contributed by atoms with van der Waals surface area (Å²) in [6.07, 6.45) is 0. The number of likely N-dealkylation sites (N-methyl/N-ethyl adjacent to an activating group) is 1. The van der Waals surface area contributed by atoms with Gasteiger partial charge in [0.1, 0.15) is 0 Å². The third-order valence-corrected chi connectivity index (χ3v) is 7.01. The van der Waals surface area contributed by atoms with Crippen molar-refractivity contribution in [2.45, 2.75) is 0 Å². The number of fused-ring (bicyclic) bond motifs is 1. The van der Waals surface area contributed by atoms with Crippen molar-refractivity contribution >= 4 is 40.4 Å². The van der Waals surface area contributed by atoms with Crippen molar-refractivity contribution in [3.8, 4) is 0 Å². The predicted molar refractivity (Wildman–Crippen MR) is 153 cm³/mol. The molecule has 206 valence electrons. The highest BCUT2D eigenvalue weighted by Crippen LogP contribution is 2.38. The number of carboxylic acids is 1. The fourth-order valence-electron chi connectivity index (χ4n) is 4.71. The highest BCUT2D eigenvalue weighted by atomic mass is 16.7. The monoisotopic (exact) mass is 541 g/mol. The van der Waals surface area contributed by atoms with Gasteiger partial charge in [-0.15, -0.1) is 0 Å². The lowest BCUT2D eigenvalue weighted by Gasteiger charge is -2.32. The number of anilines is 2. The lowest BCUT2D eigenvalue weighted by Crippen LogP contribution is -2.45. The van der Waals surface area contributed by atoms with Gasteiger partial charge in [0.05, 0.1) is 29.1 Å². The minimum Gasteiger partial charge on any atom is -0.478 e. The number of carbonyl (C=O) groups excluding carboxylic acids is 2. The van der Waals surface area contributed by atoms with Crippen molar-refractivity contribution in [2.24, 2.45) is 0 Å². The standard InChI is InChI=1S/C30H31N5O5/c1-34-13-15-35(16-14-34)17-18-40-33-28(36)21-7-10-23(11-8-21)31-27(20-5-3-2-4-6-20)26-24-12-9-22(30(38)39)19-25(24)32-29(26)37/h2-12,19,31H,13-18H2,1H3,(H,32,37)(H,33,36)(H,38,39). The van der Waals surface area contributed by atoms with Crippen LogP contribution >= 0.6 is 0 Å². The first-order valence-corrected chi connectivity index (χ1v) is 13.1. The second-order valence-corrected chi connectivity index (χ2v) is 9.76. The fourth-order valence-corrected chi connectivity index (χ4v) is 4.71. The van der Waals surface area contributed by atoms with Crippen LogP contribution in [-0.2, 0) is 9.63 Å². The van der Waals surface area contributed by atoms with Crippen molar-refractivity contribution in [3.05, 3.63) is 95.1 Å². The third-order valence-electron chi connectivity index (χ3n) is 7.01. The minimum absolute atomic E-state index is 0.0895. The van der Waals surface area contributed by atoms with E-state index in [0.29, 0.717) is 40.4 Å². The molecule has 1 saturated heterocycles.